The highest BCUT2D eigenvalue weighted by molar-refractivity contribution is 7.89. The highest BCUT2D eigenvalue weighted by Gasteiger charge is 2.13. The molecule has 0 aliphatic carbocycles. The van der Waals surface area contributed by atoms with Crippen LogP contribution in [0.25, 0.3) is 0 Å². The van der Waals surface area contributed by atoms with Gasteiger partial charge in [0, 0.05) is 25.3 Å². The minimum atomic E-state index is -3.48. The molecule has 0 amide bonds. The van der Waals surface area contributed by atoms with Crippen molar-refractivity contribution in [2.45, 2.75) is 50.3 Å². The summed E-state index contributed by atoms with van der Waals surface area (Å²) in [4.78, 5) is 2.74. The third-order valence-electron chi connectivity index (χ3n) is 5.29. The maximum absolute atomic E-state index is 12.4. The maximum atomic E-state index is 12.4. The van der Waals surface area contributed by atoms with Gasteiger partial charge in [0.2, 0.25) is 10.0 Å². The van der Waals surface area contributed by atoms with Crippen LogP contribution in [0.4, 0.5) is 5.69 Å². The van der Waals surface area contributed by atoms with Gasteiger partial charge in [-0.05, 0) is 74.6 Å². The smallest absolute Gasteiger partial charge is 0.240 e. The Morgan fingerprint density at radius 1 is 0.931 bits per heavy atom. The van der Waals surface area contributed by atoms with Crippen molar-refractivity contribution >= 4 is 15.7 Å². The Labute approximate surface area is 175 Å². The number of hydrogen-bond acceptors (Lipinski definition) is 4. The molecule has 0 atom stereocenters. The molecule has 1 aliphatic rings. The predicted molar refractivity (Wildman–Crippen MR) is 118 cm³/mol. The number of aryl methyl sites for hydroxylation is 1. The number of sulfonamides is 1. The quantitative estimate of drug-likeness (QED) is 0.617. The molecule has 0 saturated carbocycles. The van der Waals surface area contributed by atoms with E-state index in [1.165, 1.54) is 36.9 Å². The lowest BCUT2D eigenvalue weighted by atomic mass is 10.1. The fraction of sp³-hybridized carbons (Fsp3) is 0.478. The molecule has 0 aromatic heterocycles. The highest BCUT2D eigenvalue weighted by Crippen LogP contribution is 2.20. The minimum Gasteiger partial charge on any atom is -0.494 e. The molecule has 0 bridgehead atoms. The largest absolute Gasteiger partial charge is 0.494 e. The van der Waals surface area contributed by atoms with Gasteiger partial charge in [0.25, 0.3) is 0 Å². The Morgan fingerprint density at radius 2 is 1.59 bits per heavy atom. The van der Waals surface area contributed by atoms with Gasteiger partial charge in [-0.1, -0.05) is 25.0 Å². The lowest BCUT2D eigenvalue weighted by Gasteiger charge is -2.22. The molecule has 1 heterocycles. The van der Waals surface area contributed by atoms with Gasteiger partial charge in [-0.15, -0.1) is 0 Å². The van der Waals surface area contributed by atoms with Crippen molar-refractivity contribution in [1.82, 2.24) is 4.72 Å². The van der Waals surface area contributed by atoms with E-state index in [0.29, 0.717) is 18.9 Å². The third kappa shape index (κ3) is 6.47. The summed E-state index contributed by atoms with van der Waals surface area (Å²) < 4.78 is 32.9. The summed E-state index contributed by atoms with van der Waals surface area (Å²) in [5.41, 5.74) is 2.54. The van der Waals surface area contributed by atoms with E-state index in [1.807, 2.05) is 6.92 Å². The van der Waals surface area contributed by atoms with Crippen molar-refractivity contribution in [2.24, 2.45) is 0 Å². The van der Waals surface area contributed by atoms with Crippen LogP contribution in [0.2, 0.25) is 0 Å². The molecule has 1 saturated heterocycles. The molecule has 1 aliphatic heterocycles. The van der Waals surface area contributed by atoms with Crippen LogP contribution in [0.3, 0.4) is 0 Å². The van der Waals surface area contributed by atoms with Crippen molar-refractivity contribution in [1.29, 1.82) is 0 Å². The van der Waals surface area contributed by atoms with E-state index in [2.05, 4.69) is 33.9 Å². The lowest BCUT2D eigenvalue weighted by Crippen LogP contribution is -2.25. The van der Waals surface area contributed by atoms with Crippen LogP contribution in [0.5, 0.6) is 5.75 Å². The summed E-state index contributed by atoms with van der Waals surface area (Å²) in [5.74, 6) is 0.676. The van der Waals surface area contributed by atoms with Crippen LogP contribution < -0.4 is 14.4 Å². The van der Waals surface area contributed by atoms with Gasteiger partial charge < -0.3 is 9.64 Å². The van der Waals surface area contributed by atoms with Crippen molar-refractivity contribution in [3.63, 3.8) is 0 Å². The van der Waals surface area contributed by atoms with E-state index in [-0.39, 0.29) is 4.90 Å². The van der Waals surface area contributed by atoms with Crippen molar-refractivity contribution in [3.05, 3.63) is 54.1 Å². The molecule has 158 valence electrons. The van der Waals surface area contributed by atoms with E-state index in [1.54, 1.807) is 24.3 Å². The molecule has 29 heavy (non-hydrogen) atoms. The zero-order valence-corrected chi connectivity index (χ0v) is 18.1. The van der Waals surface area contributed by atoms with Crippen molar-refractivity contribution in [2.75, 3.05) is 31.1 Å². The van der Waals surface area contributed by atoms with Crippen LogP contribution in [0.15, 0.2) is 53.4 Å². The van der Waals surface area contributed by atoms with Crippen LogP contribution >= 0.6 is 0 Å². The van der Waals surface area contributed by atoms with Gasteiger partial charge >= 0.3 is 0 Å². The highest BCUT2D eigenvalue weighted by atomic mass is 32.2. The van der Waals surface area contributed by atoms with Crippen molar-refractivity contribution < 1.29 is 13.2 Å². The summed E-state index contributed by atoms with van der Waals surface area (Å²) in [7, 11) is -3.48. The Morgan fingerprint density at radius 3 is 2.21 bits per heavy atom. The monoisotopic (exact) mass is 416 g/mol. The minimum absolute atomic E-state index is 0.266. The average molecular weight is 417 g/mol. The second-order valence-electron chi connectivity index (χ2n) is 7.47. The summed E-state index contributed by atoms with van der Waals surface area (Å²) in [6, 6.07) is 15.3. The molecule has 6 heteroatoms. The predicted octanol–water partition coefficient (Wildman–Crippen LogP) is 4.38. The SMILES string of the molecule is CCOc1ccc(S(=O)(=O)NCCCc2ccc(N3CCCCCC3)cc2)cc1. The first-order valence-corrected chi connectivity index (χ1v) is 12.1. The average Bonchev–Trinajstić information content (AvgIpc) is 3.02. The lowest BCUT2D eigenvalue weighted by molar-refractivity contribution is 0.340. The molecular weight excluding hydrogens is 384 g/mol. The van der Waals surface area contributed by atoms with E-state index >= 15 is 0 Å². The normalized spacial score (nSPS) is 15.1. The molecule has 1 fully saturated rings. The van der Waals surface area contributed by atoms with Gasteiger partial charge in [-0.25, -0.2) is 13.1 Å². The number of nitrogens with one attached hydrogen (secondary N) is 1. The molecule has 0 unspecified atom stereocenters. The number of rotatable bonds is 9. The van der Waals surface area contributed by atoms with Gasteiger partial charge in [0.1, 0.15) is 5.75 Å². The van der Waals surface area contributed by atoms with Gasteiger partial charge in [-0.2, -0.15) is 0 Å². The number of ether oxygens (including phenoxy) is 1. The zero-order valence-electron chi connectivity index (χ0n) is 17.3. The number of anilines is 1. The number of benzene rings is 2. The van der Waals surface area contributed by atoms with Gasteiger partial charge in [-0.3, -0.25) is 0 Å². The summed E-state index contributed by atoms with van der Waals surface area (Å²) >= 11 is 0. The summed E-state index contributed by atoms with van der Waals surface area (Å²) in [6.45, 7) is 5.17. The maximum Gasteiger partial charge on any atom is 0.240 e. The molecular formula is C23H32N2O3S. The second-order valence-corrected chi connectivity index (χ2v) is 9.24. The van der Waals surface area contributed by atoms with E-state index in [9.17, 15) is 8.42 Å². The van der Waals surface area contributed by atoms with Crippen LogP contribution in [0, 0.1) is 0 Å². The van der Waals surface area contributed by atoms with Crippen LogP contribution in [-0.4, -0.2) is 34.7 Å². The first-order valence-electron chi connectivity index (χ1n) is 10.6. The molecule has 0 spiro atoms. The molecule has 2 aromatic rings. The standard InChI is InChI=1S/C23H32N2O3S/c1-2-28-22-13-15-23(16-14-22)29(26,27)24-17-7-8-20-9-11-21(12-10-20)25-18-5-3-4-6-19-25/h9-16,24H,2-8,17-19H2,1H3. The Kier molecular flexibility index (Phi) is 7.95. The summed E-state index contributed by atoms with van der Waals surface area (Å²) in [6.07, 6.45) is 6.83. The van der Waals surface area contributed by atoms with Crippen LogP contribution in [0.1, 0.15) is 44.6 Å². The zero-order chi connectivity index (χ0) is 20.5. The van der Waals surface area contributed by atoms with Crippen molar-refractivity contribution in [3.8, 4) is 5.75 Å². The fourth-order valence-electron chi connectivity index (χ4n) is 3.67. The Hall–Kier alpha value is -2.05. The first-order chi connectivity index (χ1) is 14.1. The summed E-state index contributed by atoms with van der Waals surface area (Å²) in [5, 5.41) is 0. The molecule has 2 aromatic carbocycles. The Bertz CT molecular complexity index is 841. The number of hydrogen-bond donors (Lipinski definition) is 1. The van der Waals surface area contributed by atoms with E-state index in [0.717, 1.165) is 25.9 Å². The molecule has 3 rings (SSSR count). The fourth-order valence-corrected chi connectivity index (χ4v) is 4.74. The second kappa shape index (κ2) is 10.6. The Balaban J connectivity index is 1.45. The van der Waals surface area contributed by atoms with Crippen LogP contribution in [-0.2, 0) is 16.4 Å². The third-order valence-corrected chi connectivity index (χ3v) is 6.76. The molecule has 5 nitrogen and oxygen atoms in total. The first kappa shape index (κ1) is 21.7. The topological polar surface area (TPSA) is 58.6 Å². The molecule has 0 radical (unpaired) electrons. The van der Waals surface area contributed by atoms with Gasteiger partial charge in [0.05, 0.1) is 11.5 Å². The molecule has 1 N–H and O–H groups in total. The number of nitrogens with zero attached hydrogens (tertiary/aromatic N) is 1. The van der Waals surface area contributed by atoms with Gasteiger partial charge in [0.15, 0.2) is 0 Å². The van der Waals surface area contributed by atoms with E-state index in [4.69, 9.17) is 4.74 Å². The van der Waals surface area contributed by atoms with E-state index < -0.39 is 10.0 Å².